The molecule has 4 nitrogen and oxygen atoms in total. The van der Waals surface area contributed by atoms with Gasteiger partial charge in [0.05, 0.1) is 0 Å². The number of fused-ring (bicyclic) bond motifs is 1. The molecular formula is C14H22N4. The molecule has 1 saturated heterocycles. The number of hydrogen-bond donors (Lipinski definition) is 1. The van der Waals surface area contributed by atoms with Gasteiger partial charge in [-0.05, 0) is 50.6 Å². The molecule has 1 unspecified atom stereocenters. The minimum atomic E-state index is 0.585. The van der Waals surface area contributed by atoms with Crippen LogP contribution in [-0.4, -0.2) is 27.9 Å². The van der Waals surface area contributed by atoms with Gasteiger partial charge in [-0.1, -0.05) is 6.42 Å². The SMILES string of the molecule is C1CCc2nnc(C3CC34CCNCC4)n2CC1. The van der Waals surface area contributed by atoms with E-state index in [4.69, 9.17) is 0 Å². The average molecular weight is 246 g/mol. The first-order valence-corrected chi connectivity index (χ1v) is 7.52. The van der Waals surface area contributed by atoms with Crippen LogP contribution in [0.3, 0.4) is 0 Å². The molecule has 1 aromatic heterocycles. The lowest BCUT2D eigenvalue weighted by atomic mass is 9.92. The van der Waals surface area contributed by atoms with Crippen LogP contribution in [0.5, 0.6) is 0 Å². The Morgan fingerprint density at radius 3 is 2.89 bits per heavy atom. The van der Waals surface area contributed by atoms with Gasteiger partial charge in [0, 0.05) is 18.9 Å². The molecule has 18 heavy (non-hydrogen) atoms. The fourth-order valence-corrected chi connectivity index (χ4v) is 3.96. The summed E-state index contributed by atoms with van der Waals surface area (Å²) in [6.07, 6.45) is 9.10. The Morgan fingerprint density at radius 1 is 1.11 bits per heavy atom. The molecule has 0 radical (unpaired) electrons. The second-order valence-electron chi connectivity index (χ2n) is 6.31. The Labute approximate surface area is 108 Å². The number of rotatable bonds is 1. The lowest BCUT2D eigenvalue weighted by Crippen LogP contribution is -2.29. The van der Waals surface area contributed by atoms with E-state index in [2.05, 4.69) is 20.1 Å². The van der Waals surface area contributed by atoms with Crippen LogP contribution in [0.1, 0.15) is 56.1 Å². The Hall–Kier alpha value is -0.900. The van der Waals surface area contributed by atoms with Crippen LogP contribution < -0.4 is 5.32 Å². The lowest BCUT2D eigenvalue weighted by Gasteiger charge is -2.23. The van der Waals surface area contributed by atoms with Gasteiger partial charge in [-0.2, -0.15) is 0 Å². The molecular weight excluding hydrogens is 224 g/mol. The van der Waals surface area contributed by atoms with Crippen molar-refractivity contribution in [3.63, 3.8) is 0 Å². The molecule has 3 heterocycles. The molecule has 1 saturated carbocycles. The number of hydrogen-bond acceptors (Lipinski definition) is 3. The summed E-state index contributed by atoms with van der Waals surface area (Å²) < 4.78 is 2.45. The average Bonchev–Trinajstić information content (AvgIpc) is 3.02. The van der Waals surface area contributed by atoms with Crippen molar-refractivity contribution in [1.29, 1.82) is 0 Å². The molecule has 1 atom stereocenters. The Bertz CT molecular complexity index is 445. The van der Waals surface area contributed by atoms with E-state index in [1.54, 1.807) is 0 Å². The predicted molar refractivity (Wildman–Crippen MR) is 69.5 cm³/mol. The van der Waals surface area contributed by atoms with Crippen molar-refractivity contribution in [2.75, 3.05) is 13.1 Å². The van der Waals surface area contributed by atoms with Crippen molar-refractivity contribution in [3.05, 3.63) is 11.6 Å². The molecule has 1 spiro atoms. The van der Waals surface area contributed by atoms with Gasteiger partial charge >= 0.3 is 0 Å². The molecule has 0 amide bonds. The third kappa shape index (κ3) is 1.62. The van der Waals surface area contributed by atoms with Gasteiger partial charge in [0.15, 0.2) is 0 Å². The van der Waals surface area contributed by atoms with Crippen LogP contribution >= 0.6 is 0 Å². The maximum Gasteiger partial charge on any atom is 0.136 e. The molecule has 1 N–H and O–H groups in total. The molecule has 98 valence electrons. The van der Waals surface area contributed by atoms with E-state index in [-0.39, 0.29) is 0 Å². The first-order valence-electron chi connectivity index (χ1n) is 7.52. The maximum atomic E-state index is 4.54. The minimum absolute atomic E-state index is 0.585. The van der Waals surface area contributed by atoms with Gasteiger partial charge in [-0.3, -0.25) is 0 Å². The van der Waals surface area contributed by atoms with Crippen molar-refractivity contribution < 1.29 is 0 Å². The number of piperidine rings is 1. The van der Waals surface area contributed by atoms with Gasteiger partial charge in [0.1, 0.15) is 11.6 Å². The summed E-state index contributed by atoms with van der Waals surface area (Å²) in [5, 5.41) is 12.5. The first kappa shape index (κ1) is 11.0. The highest BCUT2D eigenvalue weighted by Crippen LogP contribution is 2.63. The summed E-state index contributed by atoms with van der Waals surface area (Å²) >= 11 is 0. The number of aryl methyl sites for hydroxylation is 1. The van der Waals surface area contributed by atoms with Crippen molar-refractivity contribution >= 4 is 0 Å². The van der Waals surface area contributed by atoms with Crippen LogP contribution in [0.4, 0.5) is 0 Å². The van der Waals surface area contributed by atoms with Gasteiger partial charge in [-0.15, -0.1) is 10.2 Å². The van der Waals surface area contributed by atoms with Crippen LogP contribution in [0.25, 0.3) is 0 Å². The third-order valence-corrected chi connectivity index (χ3v) is 5.24. The van der Waals surface area contributed by atoms with Crippen LogP contribution in [0.2, 0.25) is 0 Å². The summed E-state index contributed by atoms with van der Waals surface area (Å²) in [6.45, 7) is 3.54. The smallest absolute Gasteiger partial charge is 0.136 e. The van der Waals surface area contributed by atoms with Crippen molar-refractivity contribution in [2.24, 2.45) is 5.41 Å². The van der Waals surface area contributed by atoms with Crippen LogP contribution in [-0.2, 0) is 13.0 Å². The lowest BCUT2D eigenvalue weighted by molar-refractivity contribution is 0.337. The zero-order valence-electron chi connectivity index (χ0n) is 11.0. The van der Waals surface area contributed by atoms with Crippen molar-refractivity contribution in [1.82, 2.24) is 20.1 Å². The van der Waals surface area contributed by atoms with Crippen LogP contribution in [0, 0.1) is 5.41 Å². The summed E-state index contributed by atoms with van der Waals surface area (Å²) in [4.78, 5) is 0. The second-order valence-corrected chi connectivity index (χ2v) is 6.31. The van der Waals surface area contributed by atoms with E-state index in [0.29, 0.717) is 11.3 Å². The van der Waals surface area contributed by atoms with E-state index < -0.39 is 0 Å². The molecule has 1 aliphatic carbocycles. The molecule has 3 aliphatic rings. The standard InChI is InChI=1S/C14H22N4/c1-2-4-12-16-17-13(18(12)9-3-1)11-10-14(11)5-7-15-8-6-14/h11,15H,1-10H2. The quantitative estimate of drug-likeness (QED) is 0.822. The summed E-state index contributed by atoms with van der Waals surface area (Å²) in [5.41, 5.74) is 0.585. The molecule has 4 heteroatoms. The highest BCUT2D eigenvalue weighted by molar-refractivity contribution is 5.21. The largest absolute Gasteiger partial charge is 0.317 e. The van der Waals surface area contributed by atoms with E-state index in [9.17, 15) is 0 Å². The summed E-state index contributed by atoms with van der Waals surface area (Å²) in [5.74, 6) is 3.27. The van der Waals surface area contributed by atoms with Crippen LogP contribution in [0.15, 0.2) is 0 Å². The Balaban J connectivity index is 1.61. The van der Waals surface area contributed by atoms with E-state index in [1.807, 2.05) is 0 Å². The number of nitrogens with zero attached hydrogens (tertiary/aromatic N) is 3. The third-order valence-electron chi connectivity index (χ3n) is 5.24. The second kappa shape index (κ2) is 4.05. The molecule has 2 fully saturated rings. The molecule has 4 rings (SSSR count). The van der Waals surface area contributed by atoms with Crippen molar-refractivity contribution in [3.8, 4) is 0 Å². The van der Waals surface area contributed by atoms with E-state index in [0.717, 1.165) is 13.0 Å². The summed E-state index contributed by atoms with van der Waals surface area (Å²) in [6, 6.07) is 0. The minimum Gasteiger partial charge on any atom is -0.317 e. The highest BCUT2D eigenvalue weighted by atomic mass is 15.3. The van der Waals surface area contributed by atoms with Gasteiger partial charge < -0.3 is 9.88 Å². The Kier molecular flexibility index (Phi) is 2.47. The molecule has 0 aromatic carbocycles. The van der Waals surface area contributed by atoms with Gasteiger partial charge in [-0.25, -0.2) is 0 Å². The first-order chi connectivity index (χ1) is 8.89. The number of aromatic nitrogens is 3. The molecule has 0 bridgehead atoms. The van der Waals surface area contributed by atoms with E-state index >= 15 is 0 Å². The monoisotopic (exact) mass is 246 g/mol. The predicted octanol–water partition coefficient (Wildman–Crippen LogP) is 1.86. The zero-order chi connectivity index (χ0) is 12.0. The fourth-order valence-electron chi connectivity index (χ4n) is 3.96. The molecule has 1 aromatic rings. The maximum absolute atomic E-state index is 4.54. The fraction of sp³-hybridized carbons (Fsp3) is 0.857. The van der Waals surface area contributed by atoms with Gasteiger partial charge in [0.2, 0.25) is 0 Å². The Morgan fingerprint density at radius 2 is 2.00 bits per heavy atom. The van der Waals surface area contributed by atoms with Gasteiger partial charge in [0.25, 0.3) is 0 Å². The number of nitrogens with one attached hydrogen (secondary N) is 1. The highest BCUT2D eigenvalue weighted by Gasteiger charge is 2.56. The topological polar surface area (TPSA) is 42.7 Å². The zero-order valence-corrected chi connectivity index (χ0v) is 11.0. The van der Waals surface area contributed by atoms with E-state index in [1.165, 1.54) is 63.3 Å². The summed E-state index contributed by atoms with van der Waals surface area (Å²) in [7, 11) is 0. The normalized spacial score (nSPS) is 29.9. The van der Waals surface area contributed by atoms with Crippen molar-refractivity contribution in [2.45, 2.75) is 57.4 Å². The molecule has 2 aliphatic heterocycles.